The minimum atomic E-state index is -0.424. The number of furan rings is 1. The van der Waals surface area contributed by atoms with Crippen LogP contribution in [-0.4, -0.2) is 0 Å². The minimum Gasteiger partial charge on any atom is -0.455 e. The molecule has 0 aliphatic rings. The summed E-state index contributed by atoms with van der Waals surface area (Å²) in [5.41, 5.74) is 5.37. The van der Waals surface area contributed by atoms with E-state index >= 15 is 0 Å². The first-order valence-electron chi connectivity index (χ1n) is 18.6. The molecule has 1 heterocycles. The summed E-state index contributed by atoms with van der Waals surface area (Å²) in [5, 5.41) is 4.22. The molecule has 8 aromatic carbocycles. The van der Waals surface area contributed by atoms with Crippen molar-refractivity contribution >= 4 is 54.3 Å². The van der Waals surface area contributed by atoms with E-state index in [0.29, 0.717) is 33.2 Å². The van der Waals surface area contributed by atoms with Gasteiger partial charge < -0.3 is 4.42 Å². The van der Waals surface area contributed by atoms with Gasteiger partial charge in [-0.05, 0) is 78.9 Å². The molecule has 44 heavy (non-hydrogen) atoms. The maximum absolute atomic E-state index is 9.35. The fourth-order valence-corrected chi connectivity index (χ4v) is 6.56. The second-order valence-electron chi connectivity index (χ2n) is 11.0. The minimum absolute atomic E-state index is 0.164. The summed E-state index contributed by atoms with van der Waals surface area (Å²) >= 11 is 0. The van der Waals surface area contributed by atoms with Gasteiger partial charge in [-0.3, -0.25) is 0 Å². The summed E-state index contributed by atoms with van der Waals surface area (Å²) in [7, 11) is 0. The van der Waals surface area contributed by atoms with Gasteiger partial charge in [0.1, 0.15) is 11.2 Å². The second kappa shape index (κ2) is 9.97. The third-order valence-electron chi connectivity index (χ3n) is 8.58. The lowest BCUT2D eigenvalue weighted by atomic mass is 9.85. The number of fused-ring (bicyclic) bond motifs is 7. The lowest BCUT2D eigenvalue weighted by molar-refractivity contribution is 0.673. The van der Waals surface area contributed by atoms with Crippen LogP contribution in [0.2, 0.25) is 0 Å². The summed E-state index contributed by atoms with van der Waals surface area (Å²) < 4.78 is 78.8. The van der Waals surface area contributed by atoms with E-state index in [1.54, 1.807) is 6.07 Å². The van der Waals surface area contributed by atoms with Crippen molar-refractivity contribution in [1.29, 1.82) is 0 Å². The van der Waals surface area contributed by atoms with Crippen molar-refractivity contribution < 1.29 is 15.4 Å². The largest absolute Gasteiger partial charge is 0.455 e. The van der Waals surface area contributed by atoms with Crippen molar-refractivity contribution in [3.05, 3.63) is 169 Å². The molecule has 1 heteroatoms. The van der Waals surface area contributed by atoms with Crippen molar-refractivity contribution in [1.82, 2.24) is 0 Å². The summed E-state index contributed by atoms with van der Waals surface area (Å²) in [5.74, 6) is 0. The number of hydrogen-bond acceptors (Lipinski definition) is 1. The lowest BCUT2D eigenvalue weighted by Crippen LogP contribution is -1.96. The Bertz CT molecular complexity index is 2870. The van der Waals surface area contributed by atoms with Crippen LogP contribution in [0.4, 0.5) is 0 Å². The van der Waals surface area contributed by atoms with Gasteiger partial charge in [-0.25, -0.2) is 0 Å². The topological polar surface area (TPSA) is 13.1 Å². The first kappa shape index (κ1) is 18.1. The van der Waals surface area contributed by atoms with Crippen LogP contribution in [-0.2, 0) is 6.42 Å². The number of rotatable bonds is 4. The first-order chi connectivity index (χ1) is 25.2. The van der Waals surface area contributed by atoms with E-state index in [9.17, 15) is 5.48 Å². The Morgan fingerprint density at radius 1 is 0.500 bits per heavy atom. The van der Waals surface area contributed by atoms with Crippen LogP contribution in [0.15, 0.2) is 162 Å². The van der Waals surface area contributed by atoms with Gasteiger partial charge in [0, 0.05) is 16.2 Å². The van der Waals surface area contributed by atoms with Gasteiger partial charge in [0.2, 0.25) is 0 Å². The Hall–Kier alpha value is -5.66. The standard InChI is InChI=1S/C43H28O/c1-2-11-29(12-3-1)30-23-21-28(22-24-30)27-39-33-15-6-8-17-35(33)41(36-18-9-7-16-34(36)39)37-19-10-20-40-42(37)38-26-25-31-13-4-5-14-32(31)43(38)44-40/h1-26H,27H2/i6D,7D,8D,9D,15D,16D,17D,18D. The molecular weight excluding hydrogens is 532 g/mol. The summed E-state index contributed by atoms with van der Waals surface area (Å²) in [4.78, 5) is 0. The predicted molar refractivity (Wildman–Crippen MR) is 186 cm³/mol. The van der Waals surface area contributed by atoms with Crippen LogP contribution in [0.3, 0.4) is 0 Å². The molecule has 0 spiro atoms. The molecule has 0 bridgehead atoms. The molecular formula is C43H28O. The molecule has 0 amide bonds. The van der Waals surface area contributed by atoms with Crippen LogP contribution in [0.25, 0.3) is 76.5 Å². The number of benzene rings is 8. The maximum Gasteiger partial charge on any atom is 0.143 e. The zero-order valence-electron chi connectivity index (χ0n) is 31.5. The van der Waals surface area contributed by atoms with Crippen LogP contribution in [0, 0.1) is 0 Å². The van der Waals surface area contributed by atoms with Crippen LogP contribution in [0.1, 0.15) is 22.1 Å². The lowest BCUT2D eigenvalue weighted by Gasteiger charge is -2.18. The molecule has 0 saturated carbocycles. The smallest absolute Gasteiger partial charge is 0.143 e. The van der Waals surface area contributed by atoms with Crippen molar-refractivity contribution in [3.63, 3.8) is 0 Å². The maximum atomic E-state index is 9.35. The summed E-state index contributed by atoms with van der Waals surface area (Å²) in [6.45, 7) is 0. The van der Waals surface area contributed by atoms with Gasteiger partial charge in [0.25, 0.3) is 0 Å². The third-order valence-corrected chi connectivity index (χ3v) is 8.58. The Kier molecular flexibility index (Phi) is 4.10. The predicted octanol–water partition coefficient (Wildman–Crippen LogP) is 12.0. The monoisotopic (exact) mass is 568 g/mol. The van der Waals surface area contributed by atoms with Crippen LogP contribution >= 0.6 is 0 Å². The number of hydrogen-bond donors (Lipinski definition) is 0. The SMILES string of the molecule is [2H]c1c([2H])c([2H])c2c(-c3cccc4oc5c6ccccc6ccc5c34)c3c([2H])c([2H])c([2H])c([2H])c3c(Cc3ccc(-c4ccccc4)cc3)c2c1[2H]. The fourth-order valence-electron chi connectivity index (χ4n) is 6.56. The van der Waals surface area contributed by atoms with E-state index in [4.69, 9.17) is 9.90 Å². The van der Waals surface area contributed by atoms with E-state index in [1.165, 1.54) is 0 Å². The van der Waals surface area contributed by atoms with Crippen LogP contribution in [0.5, 0.6) is 0 Å². The van der Waals surface area contributed by atoms with E-state index in [1.807, 2.05) is 103 Å². The Balaban J connectivity index is 1.44. The summed E-state index contributed by atoms with van der Waals surface area (Å²) in [6, 6.07) is 32.4. The molecule has 0 atom stereocenters. The van der Waals surface area contributed by atoms with E-state index in [0.717, 1.165) is 32.8 Å². The van der Waals surface area contributed by atoms with Crippen molar-refractivity contribution in [2.45, 2.75) is 6.42 Å². The molecule has 0 fully saturated rings. The van der Waals surface area contributed by atoms with Crippen molar-refractivity contribution in [2.75, 3.05) is 0 Å². The summed E-state index contributed by atoms with van der Waals surface area (Å²) in [6.07, 6.45) is 0.164. The molecule has 0 N–H and O–H groups in total. The Morgan fingerprint density at radius 3 is 1.91 bits per heavy atom. The molecule has 0 radical (unpaired) electrons. The van der Waals surface area contributed by atoms with Crippen molar-refractivity contribution in [3.8, 4) is 22.3 Å². The van der Waals surface area contributed by atoms with Gasteiger partial charge in [0.05, 0.1) is 11.0 Å². The molecule has 9 rings (SSSR count). The zero-order chi connectivity index (χ0) is 36.0. The average molecular weight is 569 g/mol. The van der Waals surface area contributed by atoms with Gasteiger partial charge in [-0.2, -0.15) is 0 Å². The van der Waals surface area contributed by atoms with Crippen LogP contribution < -0.4 is 0 Å². The Labute approximate surface area is 266 Å². The van der Waals surface area contributed by atoms with E-state index < -0.39 is 24.2 Å². The second-order valence-corrected chi connectivity index (χ2v) is 11.0. The zero-order valence-corrected chi connectivity index (χ0v) is 23.5. The normalized spacial score (nSPS) is 14.3. The Morgan fingerprint density at radius 2 is 1.16 bits per heavy atom. The van der Waals surface area contributed by atoms with Crippen molar-refractivity contribution in [2.24, 2.45) is 0 Å². The molecule has 0 saturated heterocycles. The highest BCUT2D eigenvalue weighted by Gasteiger charge is 2.20. The quantitative estimate of drug-likeness (QED) is 0.192. The van der Waals surface area contributed by atoms with Gasteiger partial charge in [0.15, 0.2) is 0 Å². The highest BCUT2D eigenvalue weighted by atomic mass is 16.3. The third kappa shape index (κ3) is 3.87. The molecule has 0 unspecified atom stereocenters. The van der Waals surface area contributed by atoms with E-state index in [-0.39, 0.29) is 52.1 Å². The molecule has 0 aliphatic heterocycles. The average Bonchev–Trinajstić information content (AvgIpc) is 3.57. The van der Waals surface area contributed by atoms with Gasteiger partial charge >= 0.3 is 0 Å². The highest BCUT2D eigenvalue weighted by molar-refractivity contribution is 6.24. The molecule has 1 nitrogen and oxygen atoms in total. The van der Waals surface area contributed by atoms with Gasteiger partial charge in [-0.1, -0.05) is 145 Å². The fraction of sp³-hybridized carbons (Fsp3) is 0.0233. The van der Waals surface area contributed by atoms with E-state index in [2.05, 4.69) is 0 Å². The first-order valence-corrected chi connectivity index (χ1v) is 14.6. The molecule has 1 aromatic heterocycles. The molecule has 0 aliphatic carbocycles. The molecule has 9 aromatic rings. The van der Waals surface area contributed by atoms with Gasteiger partial charge in [-0.15, -0.1) is 0 Å². The highest BCUT2D eigenvalue weighted by Crippen LogP contribution is 2.45. The molecule has 206 valence electrons.